The van der Waals surface area contributed by atoms with Crippen LogP contribution in [0.15, 0.2) is 18.2 Å². The Bertz CT molecular complexity index is 1750. The summed E-state index contributed by atoms with van der Waals surface area (Å²) in [5.74, 6) is -0.289. The van der Waals surface area contributed by atoms with Crippen molar-refractivity contribution in [1.82, 2.24) is 20.3 Å². The van der Waals surface area contributed by atoms with Crippen LogP contribution in [0.2, 0.25) is 0 Å². The number of nitrogens with zero attached hydrogens (tertiary/aromatic N) is 5. The van der Waals surface area contributed by atoms with Crippen molar-refractivity contribution in [2.45, 2.75) is 51.1 Å². The van der Waals surface area contributed by atoms with Crippen molar-refractivity contribution >= 4 is 43.4 Å². The third-order valence-corrected chi connectivity index (χ3v) is 10.2. The lowest BCUT2D eigenvalue weighted by atomic mass is 9.36. The van der Waals surface area contributed by atoms with Gasteiger partial charge < -0.3 is 20.7 Å². The number of nitrogens with two attached hydrogens (primary N) is 1. The maximum absolute atomic E-state index is 16.6. The number of hydrogen-bond acceptors (Lipinski definition) is 9. The quantitative estimate of drug-likeness (QED) is 0.348. The smallest absolute Gasteiger partial charge is 0.319 e. The number of aryl methyl sites for hydroxylation is 1. The zero-order chi connectivity index (χ0) is 27.4. The van der Waals surface area contributed by atoms with Gasteiger partial charge in [-0.25, -0.2) is 13.8 Å². The number of ether oxygens (including phenoxy) is 1. The molecule has 3 saturated carbocycles. The van der Waals surface area contributed by atoms with Crippen molar-refractivity contribution < 1.29 is 13.5 Å². The van der Waals surface area contributed by atoms with Gasteiger partial charge in [-0.2, -0.15) is 15.2 Å². The summed E-state index contributed by atoms with van der Waals surface area (Å²) in [5, 5.41) is 13.9. The highest BCUT2D eigenvalue weighted by molar-refractivity contribution is 7.22. The van der Waals surface area contributed by atoms with E-state index in [0.717, 1.165) is 56.5 Å². The monoisotopic (exact) mass is 559 g/mol. The van der Waals surface area contributed by atoms with Gasteiger partial charge in [0.15, 0.2) is 10.9 Å². The number of nitrogens with one attached hydrogen (secondary N) is 1. The molecule has 0 radical (unpaired) electrons. The molecule has 4 heterocycles. The standard InChI is InChI=1S/C29H27F2N7OS/c1-14-6-18-22(21(31)20(14)17-4-5-19(30)24-23(17)35-26(33)40-24)36-27(39-13-29-9-28(10-29,11-29)12-32)37-25(18)38-7-15-2-3-16(8-38)34-15/h4-6,15-16,34H,2-3,7-11,13H2,1H3,(H2,33,35). The fourth-order valence-corrected chi connectivity index (χ4v) is 8.37. The first-order chi connectivity index (χ1) is 19.3. The number of fused-ring (bicyclic) bond motifs is 4. The van der Waals surface area contributed by atoms with E-state index in [2.05, 4.69) is 26.3 Å². The van der Waals surface area contributed by atoms with E-state index in [9.17, 15) is 9.65 Å². The normalized spacial score (nSPS) is 28.4. The predicted molar refractivity (Wildman–Crippen MR) is 149 cm³/mol. The van der Waals surface area contributed by atoms with Gasteiger partial charge in [0.2, 0.25) is 0 Å². The van der Waals surface area contributed by atoms with Gasteiger partial charge >= 0.3 is 6.01 Å². The Morgan fingerprint density at radius 1 is 1.15 bits per heavy atom. The van der Waals surface area contributed by atoms with E-state index in [4.69, 9.17) is 15.5 Å². The zero-order valence-corrected chi connectivity index (χ0v) is 22.7. The van der Waals surface area contributed by atoms with Crippen molar-refractivity contribution in [2.75, 3.05) is 30.3 Å². The minimum Gasteiger partial charge on any atom is -0.463 e. The second kappa shape index (κ2) is 8.21. The molecular weight excluding hydrogens is 532 g/mol. The van der Waals surface area contributed by atoms with Gasteiger partial charge in [0.1, 0.15) is 17.2 Å². The number of hydrogen-bond donors (Lipinski definition) is 2. The van der Waals surface area contributed by atoms with Gasteiger partial charge in [0.25, 0.3) is 0 Å². The Labute approximate surface area is 233 Å². The van der Waals surface area contributed by atoms with Crippen LogP contribution in [0.4, 0.5) is 19.7 Å². The summed E-state index contributed by atoms with van der Waals surface area (Å²) < 4.78 is 37.6. The molecule has 2 aliphatic heterocycles. The molecule has 2 unspecified atom stereocenters. The van der Waals surface area contributed by atoms with Crippen LogP contribution < -0.4 is 20.7 Å². The van der Waals surface area contributed by atoms with Crippen molar-refractivity contribution in [3.63, 3.8) is 0 Å². The number of halogens is 2. The molecule has 0 spiro atoms. The number of rotatable bonds is 5. The van der Waals surface area contributed by atoms with Gasteiger partial charge in [-0.1, -0.05) is 11.3 Å². The van der Waals surface area contributed by atoms with Crippen LogP contribution in [-0.4, -0.2) is 46.7 Å². The lowest BCUT2D eigenvalue weighted by Crippen LogP contribution is -2.63. The predicted octanol–water partition coefficient (Wildman–Crippen LogP) is 5.09. The Hall–Kier alpha value is -3.62. The van der Waals surface area contributed by atoms with Crippen LogP contribution in [-0.2, 0) is 0 Å². The molecule has 40 heavy (non-hydrogen) atoms. The molecule has 0 amide bonds. The van der Waals surface area contributed by atoms with Crippen molar-refractivity contribution in [1.29, 1.82) is 5.26 Å². The van der Waals surface area contributed by atoms with Crippen molar-refractivity contribution in [3.8, 4) is 23.2 Å². The lowest BCUT2D eigenvalue weighted by Gasteiger charge is -2.66. The second-order valence-electron chi connectivity index (χ2n) is 12.2. The third-order valence-electron chi connectivity index (χ3n) is 9.27. The molecule has 5 fully saturated rings. The summed E-state index contributed by atoms with van der Waals surface area (Å²) in [7, 11) is 0. The topological polar surface area (TPSA) is 113 Å². The summed E-state index contributed by atoms with van der Waals surface area (Å²) in [6.07, 6.45) is 4.69. The van der Waals surface area contributed by atoms with E-state index in [1.807, 2.05) is 13.0 Å². The van der Waals surface area contributed by atoms with Crippen LogP contribution in [0.5, 0.6) is 6.01 Å². The van der Waals surface area contributed by atoms with Gasteiger partial charge in [0, 0.05) is 47.1 Å². The first-order valence-corrected chi connectivity index (χ1v) is 14.5. The van der Waals surface area contributed by atoms with Gasteiger partial charge in [-0.15, -0.1) is 0 Å². The maximum Gasteiger partial charge on any atom is 0.319 e. The van der Waals surface area contributed by atoms with E-state index >= 15 is 4.39 Å². The minimum absolute atomic E-state index is 0.0103. The van der Waals surface area contributed by atoms with E-state index in [1.165, 1.54) is 6.07 Å². The first-order valence-electron chi connectivity index (χ1n) is 13.7. The fourth-order valence-electron chi connectivity index (χ4n) is 7.61. The second-order valence-corrected chi connectivity index (χ2v) is 13.2. The number of aromatic nitrogens is 3. The Kier molecular flexibility index (Phi) is 4.97. The molecule has 8 nitrogen and oxygen atoms in total. The van der Waals surface area contributed by atoms with E-state index < -0.39 is 11.6 Å². The molecule has 204 valence electrons. The van der Waals surface area contributed by atoms with Crippen LogP contribution >= 0.6 is 11.3 Å². The number of piperazine rings is 1. The minimum atomic E-state index is -0.518. The Morgan fingerprint density at radius 3 is 2.62 bits per heavy atom. The summed E-state index contributed by atoms with van der Waals surface area (Å²) in [6.45, 7) is 3.79. The summed E-state index contributed by atoms with van der Waals surface area (Å²) in [4.78, 5) is 16.0. The molecule has 4 bridgehead atoms. The van der Waals surface area contributed by atoms with Crippen LogP contribution in [0.25, 0.3) is 32.2 Å². The first kappa shape index (κ1) is 24.2. The summed E-state index contributed by atoms with van der Waals surface area (Å²) in [5.41, 5.74) is 7.68. The molecule has 3 aliphatic carbocycles. The molecule has 2 aromatic carbocycles. The average Bonchev–Trinajstić information content (AvgIpc) is 3.45. The molecule has 3 N–H and O–H groups in total. The maximum atomic E-state index is 16.6. The zero-order valence-electron chi connectivity index (χ0n) is 21.9. The van der Waals surface area contributed by atoms with Gasteiger partial charge in [-0.05, 0) is 62.8 Å². The highest BCUT2D eigenvalue weighted by atomic mass is 32.1. The number of anilines is 2. The lowest BCUT2D eigenvalue weighted by molar-refractivity contribution is -0.182. The van der Waals surface area contributed by atoms with Crippen molar-refractivity contribution in [3.05, 3.63) is 35.4 Å². The largest absolute Gasteiger partial charge is 0.463 e. The molecule has 11 heteroatoms. The number of nitrogen functional groups attached to an aromatic ring is 1. The van der Waals surface area contributed by atoms with E-state index in [1.54, 1.807) is 6.07 Å². The van der Waals surface area contributed by atoms with E-state index in [0.29, 0.717) is 56.8 Å². The van der Waals surface area contributed by atoms with Gasteiger partial charge in [-0.3, -0.25) is 0 Å². The Balaban J connectivity index is 1.26. The summed E-state index contributed by atoms with van der Waals surface area (Å²) in [6, 6.07) is 8.09. The molecule has 2 saturated heterocycles. The van der Waals surface area contributed by atoms with Crippen LogP contribution in [0.1, 0.15) is 37.7 Å². The third kappa shape index (κ3) is 3.45. The highest BCUT2D eigenvalue weighted by Crippen LogP contribution is 2.72. The fraction of sp³-hybridized carbons (Fsp3) is 0.448. The van der Waals surface area contributed by atoms with E-state index in [-0.39, 0.29) is 27.5 Å². The summed E-state index contributed by atoms with van der Waals surface area (Å²) >= 11 is 1.05. The molecule has 2 aromatic heterocycles. The highest BCUT2D eigenvalue weighted by Gasteiger charge is 2.68. The Morgan fingerprint density at radius 2 is 1.90 bits per heavy atom. The molecule has 4 aromatic rings. The number of benzene rings is 2. The van der Waals surface area contributed by atoms with Gasteiger partial charge in [0.05, 0.1) is 28.3 Å². The van der Waals surface area contributed by atoms with Crippen molar-refractivity contribution in [2.24, 2.45) is 10.8 Å². The molecular formula is C29H27F2N7OS. The van der Waals surface area contributed by atoms with Crippen LogP contribution in [0.3, 0.4) is 0 Å². The molecule has 5 aliphatic rings. The number of nitriles is 1. The average molecular weight is 560 g/mol. The number of thiazole rings is 1. The molecule has 2 atom stereocenters. The SMILES string of the molecule is Cc1cc2c(N3CC4CCC(C3)N4)nc(OCC34CC(C#N)(C3)C4)nc2c(F)c1-c1ccc(F)c2sc(N)nc12. The molecule has 9 rings (SSSR count). The van der Waals surface area contributed by atoms with Crippen LogP contribution in [0, 0.1) is 40.7 Å².